The first-order chi connectivity index (χ1) is 15.2. The second-order valence-electron chi connectivity index (χ2n) is 7.85. The number of hydrogen-bond donors (Lipinski definition) is 1. The quantitative estimate of drug-likeness (QED) is 0.542. The van der Waals surface area contributed by atoms with Crippen LogP contribution in [0.4, 0.5) is 23.1 Å². The van der Waals surface area contributed by atoms with Crippen molar-refractivity contribution in [3.63, 3.8) is 0 Å². The summed E-state index contributed by atoms with van der Waals surface area (Å²) in [7, 11) is 0. The van der Waals surface area contributed by atoms with Crippen molar-refractivity contribution in [1.82, 2.24) is 19.9 Å². The number of nitrogens with one attached hydrogen (secondary N) is 1. The van der Waals surface area contributed by atoms with E-state index in [2.05, 4.69) is 81.4 Å². The molecule has 0 aliphatic carbocycles. The van der Waals surface area contributed by atoms with Crippen molar-refractivity contribution in [2.75, 3.05) is 41.3 Å². The number of fused-ring (bicyclic) bond motifs is 1. The number of aryl methyl sites for hydroxylation is 2. The molecule has 0 spiro atoms. The number of nitrogens with zero attached hydrogens (tertiary/aromatic N) is 6. The number of hydrogen-bond acceptors (Lipinski definition) is 7. The van der Waals surface area contributed by atoms with Gasteiger partial charge >= 0.3 is 0 Å². The number of anilines is 4. The van der Waals surface area contributed by atoms with Crippen LogP contribution in [0.5, 0.6) is 0 Å². The predicted octanol–water partition coefficient (Wildman–Crippen LogP) is 4.11. The Balaban J connectivity index is 1.43. The molecule has 1 fully saturated rings. The molecule has 7 heteroatoms. The number of aromatic nitrogens is 4. The molecule has 1 aliphatic rings. The average Bonchev–Trinajstić information content (AvgIpc) is 2.81. The van der Waals surface area contributed by atoms with Crippen LogP contribution in [-0.4, -0.2) is 46.1 Å². The first-order valence-electron chi connectivity index (χ1n) is 10.6. The van der Waals surface area contributed by atoms with E-state index in [0.717, 1.165) is 37.4 Å². The smallest absolute Gasteiger partial charge is 0.229 e. The number of rotatable bonds is 4. The lowest BCUT2D eigenvalue weighted by molar-refractivity contribution is 0.641. The third kappa shape index (κ3) is 3.99. The molecule has 3 heterocycles. The van der Waals surface area contributed by atoms with Gasteiger partial charge in [-0.2, -0.15) is 9.97 Å². The molecule has 2 aromatic heterocycles. The zero-order valence-electron chi connectivity index (χ0n) is 17.8. The van der Waals surface area contributed by atoms with Crippen molar-refractivity contribution in [2.45, 2.75) is 13.8 Å². The maximum atomic E-state index is 4.86. The maximum Gasteiger partial charge on any atom is 0.229 e. The van der Waals surface area contributed by atoms with Crippen molar-refractivity contribution in [3.8, 4) is 0 Å². The van der Waals surface area contributed by atoms with Crippen molar-refractivity contribution < 1.29 is 0 Å². The number of para-hydroxylation sites is 1. The highest BCUT2D eigenvalue weighted by Crippen LogP contribution is 2.27. The molecule has 4 aromatic rings. The molecule has 0 atom stereocenters. The monoisotopic (exact) mass is 411 g/mol. The molecule has 0 unspecified atom stereocenters. The van der Waals surface area contributed by atoms with E-state index in [9.17, 15) is 0 Å². The molecule has 0 bridgehead atoms. The fraction of sp³-hybridized carbons (Fsp3) is 0.250. The van der Waals surface area contributed by atoms with Crippen LogP contribution in [0.1, 0.15) is 11.1 Å². The molecule has 5 rings (SSSR count). The number of piperazine rings is 1. The molecule has 31 heavy (non-hydrogen) atoms. The van der Waals surface area contributed by atoms with E-state index < -0.39 is 0 Å². The SMILES string of the molecule is Cc1ccc(Nc2nc(N3CCN(c4ccccc4)CC3)nc3nccnc23)c(C)c1. The van der Waals surface area contributed by atoms with Gasteiger partial charge in [0.2, 0.25) is 5.95 Å². The summed E-state index contributed by atoms with van der Waals surface area (Å²) in [6.45, 7) is 7.73. The predicted molar refractivity (Wildman–Crippen MR) is 125 cm³/mol. The van der Waals surface area contributed by atoms with Gasteiger partial charge in [0.15, 0.2) is 17.0 Å². The van der Waals surface area contributed by atoms with Crippen molar-refractivity contribution >= 4 is 34.3 Å². The standard InChI is InChI=1S/C24H25N7/c1-17-8-9-20(18(2)16-17)27-23-21-22(26-11-10-25-21)28-24(29-23)31-14-12-30(13-15-31)19-6-4-3-5-7-19/h3-11,16H,12-15H2,1-2H3,(H,26,27,28,29). The van der Waals surface area contributed by atoms with E-state index in [-0.39, 0.29) is 0 Å². The molecule has 7 nitrogen and oxygen atoms in total. The third-order valence-electron chi connectivity index (χ3n) is 5.64. The summed E-state index contributed by atoms with van der Waals surface area (Å²) < 4.78 is 0. The minimum atomic E-state index is 0.602. The van der Waals surface area contributed by atoms with Crippen molar-refractivity contribution in [3.05, 3.63) is 72.1 Å². The lowest BCUT2D eigenvalue weighted by Crippen LogP contribution is -2.47. The van der Waals surface area contributed by atoms with Crippen molar-refractivity contribution in [2.24, 2.45) is 0 Å². The Hall–Kier alpha value is -3.74. The summed E-state index contributed by atoms with van der Waals surface area (Å²) >= 11 is 0. The van der Waals surface area contributed by atoms with Gasteiger partial charge in [-0.3, -0.25) is 0 Å². The zero-order chi connectivity index (χ0) is 21.2. The second kappa shape index (κ2) is 8.18. The highest BCUT2D eigenvalue weighted by atomic mass is 15.3. The summed E-state index contributed by atoms with van der Waals surface area (Å²) in [6, 6.07) is 16.8. The van der Waals surface area contributed by atoms with E-state index >= 15 is 0 Å². The molecular weight excluding hydrogens is 386 g/mol. The summed E-state index contributed by atoms with van der Waals surface area (Å²) in [5.74, 6) is 1.37. The highest BCUT2D eigenvalue weighted by Gasteiger charge is 2.21. The van der Waals surface area contributed by atoms with Crippen LogP contribution in [-0.2, 0) is 0 Å². The first-order valence-corrected chi connectivity index (χ1v) is 10.6. The van der Waals surface area contributed by atoms with Gasteiger partial charge in [-0.25, -0.2) is 9.97 Å². The van der Waals surface area contributed by atoms with Crippen LogP contribution in [0.3, 0.4) is 0 Å². The summed E-state index contributed by atoms with van der Waals surface area (Å²) in [6.07, 6.45) is 3.35. The van der Waals surface area contributed by atoms with Crippen LogP contribution in [0.15, 0.2) is 60.9 Å². The lowest BCUT2D eigenvalue weighted by Gasteiger charge is -2.36. The Bertz CT molecular complexity index is 1200. The van der Waals surface area contributed by atoms with E-state index in [1.165, 1.54) is 11.3 Å². The second-order valence-corrected chi connectivity index (χ2v) is 7.85. The molecule has 1 aliphatic heterocycles. The Morgan fingerprint density at radius 1 is 0.806 bits per heavy atom. The molecule has 0 amide bonds. The number of benzene rings is 2. The Morgan fingerprint density at radius 3 is 2.32 bits per heavy atom. The van der Waals surface area contributed by atoms with Crippen LogP contribution in [0.2, 0.25) is 0 Å². The van der Waals surface area contributed by atoms with Gasteiger partial charge in [0, 0.05) is 49.9 Å². The van der Waals surface area contributed by atoms with Gasteiger partial charge in [0.05, 0.1) is 0 Å². The Labute approximate surface area is 181 Å². The van der Waals surface area contributed by atoms with E-state index in [0.29, 0.717) is 22.9 Å². The fourth-order valence-electron chi connectivity index (χ4n) is 3.97. The molecule has 1 N–H and O–H groups in total. The van der Waals surface area contributed by atoms with E-state index in [1.807, 2.05) is 6.07 Å². The lowest BCUT2D eigenvalue weighted by atomic mass is 10.1. The van der Waals surface area contributed by atoms with Crippen LogP contribution in [0.25, 0.3) is 11.2 Å². The maximum absolute atomic E-state index is 4.86. The topological polar surface area (TPSA) is 70.1 Å². The van der Waals surface area contributed by atoms with Gasteiger partial charge in [-0.1, -0.05) is 35.9 Å². The van der Waals surface area contributed by atoms with Gasteiger partial charge in [0.1, 0.15) is 0 Å². The molecular formula is C24H25N7. The molecule has 1 saturated heterocycles. The Morgan fingerprint density at radius 2 is 1.55 bits per heavy atom. The Kier molecular flexibility index (Phi) is 5.08. The van der Waals surface area contributed by atoms with Crippen LogP contribution < -0.4 is 15.1 Å². The van der Waals surface area contributed by atoms with E-state index in [1.54, 1.807) is 12.4 Å². The minimum Gasteiger partial charge on any atom is -0.368 e. The fourth-order valence-corrected chi connectivity index (χ4v) is 3.97. The van der Waals surface area contributed by atoms with Crippen LogP contribution in [0, 0.1) is 13.8 Å². The summed E-state index contributed by atoms with van der Waals surface area (Å²) in [4.78, 5) is 23.1. The largest absolute Gasteiger partial charge is 0.368 e. The van der Waals surface area contributed by atoms with Gasteiger partial charge < -0.3 is 15.1 Å². The molecule has 0 radical (unpaired) electrons. The average molecular weight is 412 g/mol. The van der Waals surface area contributed by atoms with E-state index in [4.69, 9.17) is 9.97 Å². The zero-order valence-corrected chi connectivity index (χ0v) is 17.8. The van der Waals surface area contributed by atoms with Gasteiger partial charge in [-0.15, -0.1) is 0 Å². The van der Waals surface area contributed by atoms with Gasteiger partial charge in [0.25, 0.3) is 0 Å². The first kappa shape index (κ1) is 19.2. The third-order valence-corrected chi connectivity index (χ3v) is 5.64. The molecule has 156 valence electrons. The van der Waals surface area contributed by atoms with Gasteiger partial charge in [-0.05, 0) is 37.6 Å². The molecule has 0 saturated carbocycles. The van der Waals surface area contributed by atoms with Crippen LogP contribution >= 0.6 is 0 Å². The molecule has 2 aromatic carbocycles. The summed E-state index contributed by atoms with van der Waals surface area (Å²) in [5.41, 5.74) is 5.93. The minimum absolute atomic E-state index is 0.602. The van der Waals surface area contributed by atoms with Crippen molar-refractivity contribution in [1.29, 1.82) is 0 Å². The summed E-state index contributed by atoms with van der Waals surface area (Å²) in [5, 5.41) is 3.47. The normalized spacial score (nSPS) is 14.1. The highest BCUT2D eigenvalue weighted by molar-refractivity contribution is 5.86.